The van der Waals surface area contributed by atoms with Gasteiger partial charge in [0.2, 0.25) is 0 Å². The molecule has 2 heterocycles. The van der Waals surface area contributed by atoms with Gasteiger partial charge in [-0.15, -0.1) is 11.3 Å². The van der Waals surface area contributed by atoms with Crippen LogP contribution in [0.25, 0.3) is 0 Å². The smallest absolute Gasteiger partial charge is 0.348 e. The highest BCUT2D eigenvalue weighted by Gasteiger charge is 2.24. The first-order valence-electron chi connectivity index (χ1n) is 8.51. The van der Waals surface area contributed by atoms with Crippen molar-refractivity contribution in [3.8, 4) is 0 Å². The van der Waals surface area contributed by atoms with Gasteiger partial charge in [0, 0.05) is 26.2 Å². The molecule has 1 saturated heterocycles. The van der Waals surface area contributed by atoms with Gasteiger partial charge in [0.25, 0.3) is 5.91 Å². The lowest BCUT2D eigenvalue weighted by Gasteiger charge is -2.36. The Balaban J connectivity index is 1.49. The molecule has 0 radical (unpaired) electrons. The number of halogens is 1. The van der Waals surface area contributed by atoms with Crippen molar-refractivity contribution in [1.29, 1.82) is 0 Å². The Kier molecular flexibility index (Phi) is 5.85. The highest BCUT2D eigenvalue weighted by Crippen LogP contribution is 2.20. The van der Waals surface area contributed by atoms with E-state index in [9.17, 15) is 18.8 Å². The van der Waals surface area contributed by atoms with Gasteiger partial charge < -0.3 is 14.5 Å². The molecule has 1 aromatic heterocycles. The number of ether oxygens (including phenoxy) is 1. The van der Waals surface area contributed by atoms with Gasteiger partial charge in [-0.05, 0) is 31.2 Å². The third kappa shape index (κ3) is 4.51. The van der Waals surface area contributed by atoms with Crippen LogP contribution in [0.2, 0.25) is 0 Å². The van der Waals surface area contributed by atoms with Crippen LogP contribution in [0.5, 0.6) is 0 Å². The van der Waals surface area contributed by atoms with Gasteiger partial charge >= 0.3 is 5.97 Å². The molecular weight excluding hydrogens is 371 g/mol. The van der Waals surface area contributed by atoms with Crippen LogP contribution in [0.15, 0.2) is 36.4 Å². The summed E-state index contributed by atoms with van der Waals surface area (Å²) in [7, 11) is 0. The van der Waals surface area contributed by atoms with Gasteiger partial charge in [0.05, 0.1) is 10.6 Å². The van der Waals surface area contributed by atoms with E-state index in [0.717, 1.165) is 11.3 Å². The number of hydrogen-bond acceptors (Lipinski definition) is 6. The highest BCUT2D eigenvalue weighted by molar-refractivity contribution is 7.15. The fourth-order valence-electron chi connectivity index (χ4n) is 2.83. The summed E-state index contributed by atoms with van der Waals surface area (Å²) in [6.07, 6.45) is 0. The maximum atomic E-state index is 13.9. The summed E-state index contributed by atoms with van der Waals surface area (Å²) in [4.78, 5) is 39.8. The average Bonchev–Trinajstić information content (AvgIpc) is 3.17. The van der Waals surface area contributed by atoms with E-state index >= 15 is 0 Å². The third-order valence-electron chi connectivity index (χ3n) is 4.31. The van der Waals surface area contributed by atoms with Crippen LogP contribution in [-0.4, -0.2) is 55.3 Å². The molecule has 0 saturated carbocycles. The van der Waals surface area contributed by atoms with E-state index in [0.29, 0.717) is 36.7 Å². The molecule has 0 N–H and O–H groups in total. The number of Topliss-reactive ketones (excluding diaryl/α,β-unsaturated/α-hetero) is 1. The van der Waals surface area contributed by atoms with Crippen LogP contribution >= 0.6 is 11.3 Å². The Labute approximate surface area is 160 Å². The first kappa shape index (κ1) is 19.0. The topological polar surface area (TPSA) is 66.9 Å². The molecule has 0 unspecified atom stereocenters. The summed E-state index contributed by atoms with van der Waals surface area (Å²) in [5.74, 6) is -1.32. The van der Waals surface area contributed by atoms with Gasteiger partial charge in [-0.1, -0.05) is 12.1 Å². The second-order valence-electron chi connectivity index (χ2n) is 6.12. The molecule has 0 atom stereocenters. The predicted octanol–water partition coefficient (Wildman–Crippen LogP) is 2.60. The quantitative estimate of drug-likeness (QED) is 0.580. The number of para-hydroxylation sites is 1. The summed E-state index contributed by atoms with van der Waals surface area (Å²) in [6.45, 7) is 2.94. The zero-order valence-corrected chi connectivity index (χ0v) is 15.6. The molecule has 1 aliphatic heterocycles. The minimum atomic E-state index is -0.620. The van der Waals surface area contributed by atoms with Crippen molar-refractivity contribution in [2.45, 2.75) is 6.92 Å². The number of ketones is 1. The molecule has 6 nitrogen and oxygen atoms in total. The van der Waals surface area contributed by atoms with E-state index in [-0.39, 0.29) is 29.0 Å². The minimum Gasteiger partial charge on any atom is -0.451 e. The predicted molar refractivity (Wildman–Crippen MR) is 99.8 cm³/mol. The number of benzene rings is 1. The average molecular weight is 390 g/mol. The van der Waals surface area contributed by atoms with Gasteiger partial charge in [0.1, 0.15) is 10.7 Å². The zero-order chi connectivity index (χ0) is 19.4. The van der Waals surface area contributed by atoms with Crippen molar-refractivity contribution in [2.24, 2.45) is 0 Å². The number of piperazine rings is 1. The van der Waals surface area contributed by atoms with E-state index in [1.54, 1.807) is 29.2 Å². The van der Waals surface area contributed by atoms with Crippen molar-refractivity contribution in [3.05, 3.63) is 52.0 Å². The number of anilines is 1. The van der Waals surface area contributed by atoms with E-state index in [1.165, 1.54) is 19.1 Å². The molecular formula is C19H19FN2O4S. The Bertz CT molecular complexity index is 859. The number of nitrogens with zero attached hydrogens (tertiary/aromatic N) is 2. The number of amides is 1. The fourth-order valence-corrected chi connectivity index (χ4v) is 3.63. The largest absolute Gasteiger partial charge is 0.451 e. The van der Waals surface area contributed by atoms with Gasteiger partial charge in [-0.2, -0.15) is 0 Å². The molecule has 1 fully saturated rings. The SMILES string of the molecule is CC(=O)c1ccc(C(=O)OCC(=O)N2CCN(c3ccccc3F)CC2)s1. The Morgan fingerprint density at radius 1 is 1.04 bits per heavy atom. The van der Waals surface area contributed by atoms with Gasteiger partial charge in [-0.25, -0.2) is 9.18 Å². The van der Waals surface area contributed by atoms with E-state index < -0.39 is 5.97 Å². The monoisotopic (exact) mass is 390 g/mol. The molecule has 8 heteroatoms. The summed E-state index contributed by atoms with van der Waals surface area (Å²) in [6, 6.07) is 9.62. The normalized spacial score (nSPS) is 14.1. The van der Waals surface area contributed by atoms with Crippen LogP contribution in [0, 0.1) is 5.82 Å². The summed E-state index contributed by atoms with van der Waals surface area (Å²) in [5, 5.41) is 0. The van der Waals surface area contributed by atoms with Crippen molar-refractivity contribution >= 4 is 34.7 Å². The molecule has 0 aliphatic carbocycles. The Morgan fingerprint density at radius 2 is 1.70 bits per heavy atom. The maximum Gasteiger partial charge on any atom is 0.348 e. The second-order valence-corrected chi connectivity index (χ2v) is 7.20. The fraction of sp³-hybridized carbons (Fsp3) is 0.316. The highest BCUT2D eigenvalue weighted by atomic mass is 32.1. The summed E-state index contributed by atoms with van der Waals surface area (Å²) < 4.78 is 18.9. The Hall–Kier alpha value is -2.74. The van der Waals surface area contributed by atoms with Crippen molar-refractivity contribution in [2.75, 3.05) is 37.7 Å². The van der Waals surface area contributed by atoms with E-state index in [2.05, 4.69) is 0 Å². The molecule has 27 heavy (non-hydrogen) atoms. The number of hydrogen-bond donors (Lipinski definition) is 0. The lowest BCUT2D eigenvalue weighted by atomic mass is 10.2. The lowest BCUT2D eigenvalue weighted by molar-refractivity contribution is -0.134. The van der Waals surface area contributed by atoms with E-state index in [4.69, 9.17) is 4.74 Å². The molecule has 3 rings (SSSR count). The number of rotatable bonds is 5. The molecule has 0 bridgehead atoms. The first-order chi connectivity index (χ1) is 13.0. The maximum absolute atomic E-state index is 13.9. The molecule has 2 aromatic rings. The number of carbonyl (C=O) groups is 3. The zero-order valence-electron chi connectivity index (χ0n) is 14.8. The van der Waals surface area contributed by atoms with Crippen molar-refractivity contribution in [3.63, 3.8) is 0 Å². The van der Waals surface area contributed by atoms with Crippen LogP contribution < -0.4 is 4.90 Å². The molecule has 0 spiro atoms. The second kappa shape index (κ2) is 8.30. The number of carbonyl (C=O) groups excluding carboxylic acids is 3. The van der Waals surface area contributed by atoms with Crippen molar-refractivity contribution < 1.29 is 23.5 Å². The standard InChI is InChI=1S/C19H19FN2O4S/c1-13(23)16-6-7-17(27-16)19(25)26-12-18(24)22-10-8-21(9-11-22)15-5-3-2-4-14(15)20/h2-7H,8-12H2,1H3. The molecule has 1 aromatic carbocycles. The number of esters is 1. The Morgan fingerprint density at radius 3 is 2.33 bits per heavy atom. The molecule has 1 aliphatic rings. The van der Waals surface area contributed by atoms with Crippen LogP contribution in [0.4, 0.5) is 10.1 Å². The number of thiophene rings is 1. The lowest BCUT2D eigenvalue weighted by Crippen LogP contribution is -2.50. The molecule has 1 amide bonds. The first-order valence-corrected chi connectivity index (χ1v) is 9.32. The van der Waals surface area contributed by atoms with Gasteiger partial charge in [0.15, 0.2) is 12.4 Å². The van der Waals surface area contributed by atoms with Crippen LogP contribution in [0.3, 0.4) is 0 Å². The minimum absolute atomic E-state index is 0.122. The van der Waals surface area contributed by atoms with Gasteiger partial charge in [-0.3, -0.25) is 9.59 Å². The van der Waals surface area contributed by atoms with Crippen LogP contribution in [-0.2, 0) is 9.53 Å². The van der Waals surface area contributed by atoms with Crippen LogP contribution in [0.1, 0.15) is 26.3 Å². The van der Waals surface area contributed by atoms with E-state index in [1.807, 2.05) is 4.90 Å². The van der Waals surface area contributed by atoms with Crippen molar-refractivity contribution in [1.82, 2.24) is 4.90 Å². The molecule has 142 valence electrons. The third-order valence-corrected chi connectivity index (χ3v) is 5.47. The summed E-state index contributed by atoms with van der Waals surface area (Å²) in [5.41, 5.74) is 0.523. The summed E-state index contributed by atoms with van der Waals surface area (Å²) >= 11 is 1.04.